The molecule has 0 fully saturated rings. The van der Waals surface area contributed by atoms with Gasteiger partial charge < -0.3 is 5.32 Å². The van der Waals surface area contributed by atoms with Crippen molar-refractivity contribution in [3.63, 3.8) is 0 Å². The molecule has 96 valence electrons. The zero-order valence-electron chi connectivity index (χ0n) is 10.8. The van der Waals surface area contributed by atoms with Crippen molar-refractivity contribution in [2.75, 3.05) is 6.54 Å². The lowest BCUT2D eigenvalue weighted by Gasteiger charge is -2.23. The van der Waals surface area contributed by atoms with Crippen molar-refractivity contribution in [3.8, 4) is 0 Å². The van der Waals surface area contributed by atoms with Crippen molar-refractivity contribution >= 4 is 11.3 Å². The number of nitrogens with zero attached hydrogens (tertiary/aromatic N) is 2. The van der Waals surface area contributed by atoms with Gasteiger partial charge in [-0.1, -0.05) is 19.9 Å². The van der Waals surface area contributed by atoms with Gasteiger partial charge in [-0.05, 0) is 25.1 Å². The summed E-state index contributed by atoms with van der Waals surface area (Å²) in [7, 11) is 0. The van der Waals surface area contributed by atoms with Crippen LogP contribution in [-0.2, 0) is 0 Å². The van der Waals surface area contributed by atoms with E-state index in [0.29, 0.717) is 12.0 Å². The lowest BCUT2D eigenvalue weighted by atomic mass is 9.96. The van der Waals surface area contributed by atoms with Gasteiger partial charge in [-0.15, -0.1) is 11.3 Å². The first kappa shape index (κ1) is 13.2. The minimum Gasteiger partial charge on any atom is -0.309 e. The Hall–Kier alpha value is -1.26. The standard InChI is InChI=1S/C14H19N3S/c1-3-7-17-14(13-9-15-10-18-13)11(2)12-6-4-5-8-16-12/h4-6,8-11,14,17H,3,7H2,1-2H3. The summed E-state index contributed by atoms with van der Waals surface area (Å²) in [6, 6.07) is 6.39. The molecule has 0 radical (unpaired) electrons. The monoisotopic (exact) mass is 261 g/mol. The van der Waals surface area contributed by atoms with E-state index < -0.39 is 0 Å². The minimum atomic E-state index is 0.298. The molecule has 0 saturated carbocycles. The summed E-state index contributed by atoms with van der Waals surface area (Å²) in [4.78, 5) is 9.93. The van der Waals surface area contributed by atoms with Crippen LogP contribution >= 0.6 is 11.3 Å². The average Bonchev–Trinajstić information content (AvgIpc) is 2.94. The third kappa shape index (κ3) is 3.15. The fraction of sp³-hybridized carbons (Fsp3) is 0.429. The van der Waals surface area contributed by atoms with Crippen molar-refractivity contribution in [3.05, 3.63) is 46.7 Å². The van der Waals surface area contributed by atoms with E-state index in [9.17, 15) is 0 Å². The van der Waals surface area contributed by atoms with Crippen LogP contribution in [0.5, 0.6) is 0 Å². The zero-order chi connectivity index (χ0) is 12.8. The summed E-state index contributed by atoms with van der Waals surface area (Å²) >= 11 is 1.70. The van der Waals surface area contributed by atoms with Crippen LogP contribution in [0, 0.1) is 0 Å². The van der Waals surface area contributed by atoms with E-state index in [0.717, 1.165) is 18.7 Å². The third-order valence-electron chi connectivity index (χ3n) is 3.03. The first-order valence-corrected chi connectivity index (χ1v) is 7.23. The van der Waals surface area contributed by atoms with Gasteiger partial charge >= 0.3 is 0 Å². The first-order chi connectivity index (χ1) is 8.83. The van der Waals surface area contributed by atoms with Gasteiger partial charge in [0.05, 0.1) is 11.6 Å². The van der Waals surface area contributed by atoms with Gasteiger partial charge in [-0.25, -0.2) is 0 Å². The SMILES string of the molecule is CCCNC(c1cncs1)C(C)c1ccccn1. The molecule has 2 unspecified atom stereocenters. The van der Waals surface area contributed by atoms with E-state index in [1.807, 2.05) is 30.0 Å². The van der Waals surface area contributed by atoms with E-state index >= 15 is 0 Å². The van der Waals surface area contributed by atoms with Crippen LogP contribution in [0.3, 0.4) is 0 Å². The molecule has 0 aliphatic carbocycles. The average molecular weight is 261 g/mol. The second kappa shape index (κ2) is 6.61. The molecular weight excluding hydrogens is 242 g/mol. The topological polar surface area (TPSA) is 37.8 Å². The van der Waals surface area contributed by atoms with Crippen LogP contribution in [0.4, 0.5) is 0 Å². The lowest BCUT2D eigenvalue weighted by molar-refractivity contribution is 0.465. The highest BCUT2D eigenvalue weighted by Crippen LogP contribution is 2.31. The summed E-state index contributed by atoms with van der Waals surface area (Å²) < 4.78 is 0. The molecule has 18 heavy (non-hydrogen) atoms. The normalized spacial score (nSPS) is 14.3. The Morgan fingerprint density at radius 1 is 1.39 bits per heavy atom. The summed E-state index contributed by atoms with van der Waals surface area (Å²) in [6.45, 7) is 5.41. The van der Waals surface area contributed by atoms with Gasteiger partial charge in [0.1, 0.15) is 0 Å². The number of thiazole rings is 1. The molecule has 0 bridgehead atoms. The van der Waals surface area contributed by atoms with E-state index in [4.69, 9.17) is 0 Å². The number of nitrogens with one attached hydrogen (secondary N) is 1. The molecule has 4 heteroatoms. The number of hydrogen-bond donors (Lipinski definition) is 1. The highest BCUT2D eigenvalue weighted by Gasteiger charge is 2.22. The zero-order valence-corrected chi connectivity index (χ0v) is 11.7. The highest BCUT2D eigenvalue weighted by atomic mass is 32.1. The summed E-state index contributed by atoms with van der Waals surface area (Å²) in [5.41, 5.74) is 3.01. The molecule has 0 spiro atoms. The molecule has 2 heterocycles. The predicted molar refractivity (Wildman–Crippen MR) is 75.8 cm³/mol. The Morgan fingerprint density at radius 3 is 2.89 bits per heavy atom. The molecule has 2 rings (SSSR count). The van der Waals surface area contributed by atoms with Crippen molar-refractivity contribution in [2.24, 2.45) is 0 Å². The highest BCUT2D eigenvalue weighted by molar-refractivity contribution is 7.09. The van der Waals surface area contributed by atoms with Gasteiger partial charge in [0.15, 0.2) is 0 Å². The van der Waals surface area contributed by atoms with Crippen LogP contribution in [0.2, 0.25) is 0 Å². The number of rotatable bonds is 6. The van der Waals surface area contributed by atoms with Crippen LogP contribution in [-0.4, -0.2) is 16.5 Å². The molecule has 0 amide bonds. The van der Waals surface area contributed by atoms with Crippen LogP contribution in [0.25, 0.3) is 0 Å². The van der Waals surface area contributed by atoms with Crippen molar-refractivity contribution in [1.29, 1.82) is 0 Å². The Morgan fingerprint density at radius 2 is 2.28 bits per heavy atom. The Balaban J connectivity index is 2.18. The van der Waals surface area contributed by atoms with Gasteiger partial charge in [0.25, 0.3) is 0 Å². The molecule has 0 aliphatic heterocycles. The fourth-order valence-corrected chi connectivity index (χ4v) is 2.82. The Kier molecular flexibility index (Phi) is 4.84. The van der Waals surface area contributed by atoms with E-state index in [1.165, 1.54) is 4.88 Å². The van der Waals surface area contributed by atoms with Crippen LogP contribution < -0.4 is 5.32 Å². The van der Waals surface area contributed by atoms with Crippen molar-refractivity contribution < 1.29 is 0 Å². The maximum Gasteiger partial charge on any atom is 0.0794 e. The van der Waals surface area contributed by atoms with Gasteiger partial charge in [0, 0.05) is 28.9 Å². The summed E-state index contributed by atoms with van der Waals surface area (Å²) in [5.74, 6) is 0.346. The number of pyridine rings is 1. The maximum absolute atomic E-state index is 4.46. The Bertz CT molecular complexity index is 441. The maximum atomic E-state index is 4.46. The van der Waals surface area contributed by atoms with Crippen LogP contribution in [0.15, 0.2) is 36.1 Å². The molecule has 0 aliphatic rings. The van der Waals surface area contributed by atoms with E-state index in [2.05, 4.69) is 35.2 Å². The minimum absolute atomic E-state index is 0.298. The molecule has 2 aromatic rings. The largest absolute Gasteiger partial charge is 0.309 e. The molecule has 3 nitrogen and oxygen atoms in total. The fourth-order valence-electron chi connectivity index (χ4n) is 2.02. The van der Waals surface area contributed by atoms with Crippen LogP contribution in [0.1, 0.15) is 42.8 Å². The third-order valence-corrected chi connectivity index (χ3v) is 3.89. The van der Waals surface area contributed by atoms with Gasteiger partial charge in [0.2, 0.25) is 0 Å². The lowest BCUT2D eigenvalue weighted by Crippen LogP contribution is -2.26. The van der Waals surface area contributed by atoms with E-state index in [-0.39, 0.29) is 0 Å². The predicted octanol–water partition coefficient (Wildman–Crippen LogP) is 3.38. The second-order valence-electron chi connectivity index (χ2n) is 4.38. The molecule has 0 saturated heterocycles. The molecule has 2 aromatic heterocycles. The number of hydrogen-bond acceptors (Lipinski definition) is 4. The smallest absolute Gasteiger partial charge is 0.0794 e. The van der Waals surface area contributed by atoms with Crippen molar-refractivity contribution in [2.45, 2.75) is 32.2 Å². The molecule has 2 atom stereocenters. The first-order valence-electron chi connectivity index (χ1n) is 6.35. The van der Waals surface area contributed by atoms with Gasteiger partial charge in [-0.3, -0.25) is 9.97 Å². The quantitative estimate of drug-likeness (QED) is 0.866. The summed E-state index contributed by atoms with van der Waals surface area (Å²) in [6.07, 6.45) is 4.94. The molecule has 1 N–H and O–H groups in total. The second-order valence-corrected chi connectivity index (χ2v) is 5.30. The Labute approximate surface area is 112 Å². The van der Waals surface area contributed by atoms with E-state index in [1.54, 1.807) is 11.3 Å². The van der Waals surface area contributed by atoms with Gasteiger partial charge in [-0.2, -0.15) is 0 Å². The molecular formula is C14H19N3S. The molecule has 0 aromatic carbocycles. The van der Waals surface area contributed by atoms with Crippen molar-refractivity contribution in [1.82, 2.24) is 15.3 Å². The summed E-state index contributed by atoms with van der Waals surface area (Å²) in [5, 5.41) is 3.60. The number of aromatic nitrogens is 2.